The minimum atomic E-state index is -0.398. The van der Waals surface area contributed by atoms with E-state index < -0.39 is 6.10 Å². The normalized spacial score (nSPS) is 21.4. The van der Waals surface area contributed by atoms with Crippen molar-refractivity contribution in [3.63, 3.8) is 0 Å². The highest BCUT2D eigenvalue weighted by molar-refractivity contribution is 5.97. The molecule has 1 unspecified atom stereocenters. The Labute approximate surface area is 184 Å². The number of amides is 2. The van der Waals surface area contributed by atoms with Gasteiger partial charge in [0, 0.05) is 48.0 Å². The van der Waals surface area contributed by atoms with E-state index in [1.165, 1.54) is 5.56 Å². The average molecular weight is 426 g/mol. The highest BCUT2D eigenvalue weighted by Crippen LogP contribution is 2.42. The third-order valence-corrected chi connectivity index (χ3v) is 6.38. The van der Waals surface area contributed by atoms with Gasteiger partial charge in [-0.1, -0.05) is 13.0 Å². The van der Waals surface area contributed by atoms with Crippen molar-refractivity contribution in [2.24, 2.45) is 5.41 Å². The Morgan fingerprint density at radius 2 is 2.10 bits per heavy atom. The third-order valence-electron chi connectivity index (χ3n) is 6.38. The number of pyridine rings is 1. The highest BCUT2D eigenvalue weighted by atomic mass is 16.5. The molecule has 3 aliphatic heterocycles. The number of benzene rings is 1. The van der Waals surface area contributed by atoms with E-state index in [1.807, 2.05) is 25.1 Å². The van der Waals surface area contributed by atoms with E-state index in [1.54, 1.807) is 19.3 Å². The van der Waals surface area contributed by atoms with E-state index in [0.29, 0.717) is 17.5 Å². The number of nitrogens with zero attached hydrogens (tertiary/aromatic N) is 3. The van der Waals surface area contributed by atoms with Gasteiger partial charge in [-0.3, -0.25) is 14.5 Å². The molecule has 1 atom stereocenters. The van der Waals surface area contributed by atoms with Gasteiger partial charge in [-0.15, -0.1) is 0 Å². The molecule has 2 fully saturated rings. The maximum Gasteiger partial charge on any atom is 0.269 e. The third kappa shape index (κ3) is 3.61. The molecule has 2 amide bonds. The van der Waals surface area contributed by atoms with Gasteiger partial charge >= 0.3 is 0 Å². The molecule has 2 saturated heterocycles. The molecule has 0 bridgehead atoms. The number of rotatable bonds is 5. The molecule has 1 aromatic carbocycles. The van der Waals surface area contributed by atoms with Gasteiger partial charge in [0.15, 0.2) is 6.10 Å². The number of aromatic nitrogens is 1. The van der Waals surface area contributed by atoms with E-state index in [9.17, 15) is 9.59 Å². The van der Waals surface area contributed by atoms with Crippen LogP contribution in [0.15, 0.2) is 36.5 Å². The van der Waals surface area contributed by atoms with Gasteiger partial charge in [0.05, 0.1) is 17.6 Å². The maximum absolute atomic E-state index is 12.1. The lowest BCUT2D eigenvalue weighted by molar-refractivity contribution is -0.123. The first-order chi connectivity index (χ1) is 15.0. The van der Waals surface area contributed by atoms with Crippen molar-refractivity contribution in [3.05, 3.63) is 47.8 Å². The summed E-state index contributed by atoms with van der Waals surface area (Å²) < 4.78 is 5.78. The van der Waals surface area contributed by atoms with Crippen LogP contribution in [0.5, 0.6) is 5.75 Å². The first-order valence-corrected chi connectivity index (χ1v) is 10.7. The zero-order valence-corrected chi connectivity index (χ0v) is 17.9. The smallest absolute Gasteiger partial charge is 0.269 e. The van der Waals surface area contributed by atoms with Crippen LogP contribution < -0.4 is 20.3 Å². The molecule has 3 aliphatic rings. The van der Waals surface area contributed by atoms with Gasteiger partial charge in [-0.25, -0.2) is 4.98 Å². The molecule has 1 spiro atoms. The first-order valence-electron chi connectivity index (χ1n) is 10.7. The Balaban J connectivity index is 0.00000153. The van der Waals surface area contributed by atoms with Crippen molar-refractivity contribution < 1.29 is 17.2 Å². The Hall–Kier alpha value is -3.13. The summed E-state index contributed by atoms with van der Waals surface area (Å²) in [7, 11) is 1.61. The lowest BCUT2D eigenvalue weighted by atomic mass is 9.72. The molecule has 8 heteroatoms. The molecule has 166 valence electrons. The Kier molecular flexibility index (Phi) is 4.81. The summed E-state index contributed by atoms with van der Waals surface area (Å²) in [4.78, 5) is 32.7. The summed E-state index contributed by atoms with van der Waals surface area (Å²) >= 11 is 0. The number of fused-ring (bicyclic) bond motifs is 1. The fourth-order valence-electron chi connectivity index (χ4n) is 4.82. The Bertz CT molecular complexity index is 1020. The molecule has 0 aliphatic carbocycles. The number of likely N-dealkylation sites (tertiary alicyclic amines) is 1. The first kappa shape index (κ1) is 19.8. The van der Waals surface area contributed by atoms with Crippen LogP contribution in [0.4, 0.5) is 11.4 Å². The molecule has 5 rings (SSSR count). The number of hydrogen-bond acceptors (Lipinski definition) is 6. The van der Waals surface area contributed by atoms with Crippen molar-refractivity contribution >= 4 is 23.2 Å². The molecule has 1 aromatic heterocycles. The molecule has 4 heterocycles. The SMILES string of the molecule is CCC1Oc2ccc(CN3CC4(C3)CN(c3ccc(C(=O)NC)nc3)C4)cc2NC1=O.[HH].[HH]. The summed E-state index contributed by atoms with van der Waals surface area (Å²) in [5.74, 6) is 0.517. The number of carbonyl (C=O) groups is 2. The number of ether oxygens (including phenoxy) is 1. The largest absolute Gasteiger partial charge is 0.478 e. The van der Waals surface area contributed by atoms with Crippen molar-refractivity contribution in [3.8, 4) is 5.75 Å². The van der Waals surface area contributed by atoms with Crippen molar-refractivity contribution in [2.75, 3.05) is 43.4 Å². The standard InChI is InChI=1S/C23H27N5O3.2H2/c1-3-19-22(30)26-18-8-15(4-7-20(18)31-19)10-27-11-23(12-27)13-28(14-23)16-5-6-17(25-9-16)21(29)24-2;;/h4-9,19H,3,10-14H2,1-2H3,(H,24,29)(H,26,30);2*1H. The Morgan fingerprint density at radius 3 is 2.77 bits per heavy atom. The van der Waals surface area contributed by atoms with Gasteiger partial charge < -0.3 is 20.3 Å². The van der Waals surface area contributed by atoms with Crippen LogP contribution in [0.1, 0.15) is 32.2 Å². The predicted molar refractivity (Wildman–Crippen MR) is 122 cm³/mol. The fraction of sp³-hybridized carbons (Fsp3) is 0.435. The number of nitrogens with one attached hydrogen (secondary N) is 2. The summed E-state index contributed by atoms with van der Waals surface area (Å²) in [5.41, 5.74) is 3.79. The molecule has 31 heavy (non-hydrogen) atoms. The fourth-order valence-corrected chi connectivity index (χ4v) is 4.82. The zero-order valence-electron chi connectivity index (χ0n) is 17.9. The lowest BCUT2D eigenvalue weighted by Crippen LogP contribution is -2.71. The van der Waals surface area contributed by atoms with Gasteiger partial charge in [-0.2, -0.15) is 0 Å². The zero-order chi connectivity index (χ0) is 21.6. The van der Waals surface area contributed by atoms with Crippen LogP contribution in [0, 0.1) is 5.41 Å². The molecule has 2 N–H and O–H groups in total. The van der Waals surface area contributed by atoms with Crippen LogP contribution in [0.2, 0.25) is 0 Å². The topological polar surface area (TPSA) is 86.8 Å². The number of anilines is 2. The van der Waals surface area contributed by atoms with Crippen LogP contribution in [0.25, 0.3) is 0 Å². The van der Waals surface area contributed by atoms with Gasteiger partial charge in [-0.05, 0) is 36.2 Å². The minimum absolute atomic E-state index is 0. The quantitative estimate of drug-likeness (QED) is 0.765. The van der Waals surface area contributed by atoms with Crippen molar-refractivity contribution in [1.29, 1.82) is 0 Å². The maximum atomic E-state index is 12.1. The van der Waals surface area contributed by atoms with E-state index in [-0.39, 0.29) is 14.7 Å². The van der Waals surface area contributed by atoms with Crippen LogP contribution in [-0.2, 0) is 11.3 Å². The Morgan fingerprint density at radius 1 is 1.29 bits per heavy atom. The van der Waals surface area contributed by atoms with Crippen LogP contribution in [0.3, 0.4) is 0 Å². The summed E-state index contributed by atoms with van der Waals surface area (Å²) in [6.45, 7) is 6.95. The molecule has 0 saturated carbocycles. The molecule has 0 radical (unpaired) electrons. The van der Waals surface area contributed by atoms with E-state index >= 15 is 0 Å². The second-order valence-electron chi connectivity index (χ2n) is 8.82. The highest BCUT2D eigenvalue weighted by Gasteiger charge is 2.51. The van der Waals surface area contributed by atoms with E-state index in [0.717, 1.165) is 49.8 Å². The number of carbonyl (C=O) groups excluding carboxylic acids is 2. The average Bonchev–Trinajstić information content (AvgIpc) is 2.73. The molecule has 8 nitrogen and oxygen atoms in total. The monoisotopic (exact) mass is 425 g/mol. The molecular formula is C23H31N5O3. The van der Waals surface area contributed by atoms with E-state index in [4.69, 9.17) is 4.74 Å². The lowest BCUT2D eigenvalue weighted by Gasteiger charge is -2.61. The summed E-state index contributed by atoms with van der Waals surface area (Å²) in [5, 5.41) is 5.56. The van der Waals surface area contributed by atoms with Crippen LogP contribution >= 0.6 is 0 Å². The minimum Gasteiger partial charge on any atom is -0.478 e. The summed E-state index contributed by atoms with van der Waals surface area (Å²) in [6.07, 6.45) is 2.04. The molecule has 2 aromatic rings. The predicted octanol–water partition coefficient (Wildman–Crippen LogP) is 2.36. The summed E-state index contributed by atoms with van der Waals surface area (Å²) in [6, 6.07) is 9.81. The van der Waals surface area contributed by atoms with E-state index in [2.05, 4.69) is 31.5 Å². The van der Waals surface area contributed by atoms with Gasteiger partial charge in [0.2, 0.25) is 0 Å². The second kappa shape index (κ2) is 7.53. The number of hydrogen-bond donors (Lipinski definition) is 2. The van der Waals surface area contributed by atoms with Crippen molar-refractivity contribution in [1.82, 2.24) is 15.2 Å². The van der Waals surface area contributed by atoms with Gasteiger partial charge in [0.25, 0.3) is 11.8 Å². The van der Waals surface area contributed by atoms with Crippen LogP contribution in [-0.4, -0.2) is 61.0 Å². The van der Waals surface area contributed by atoms with Crippen molar-refractivity contribution in [2.45, 2.75) is 26.0 Å². The molecular weight excluding hydrogens is 394 g/mol. The van der Waals surface area contributed by atoms with Gasteiger partial charge in [0.1, 0.15) is 11.4 Å². The second-order valence-corrected chi connectivity index (χ2v) is 8.82.